The molecule has 0 bridgehead atoms. The maximum absolute atomic E-state index is 13.8. The van der Waals surface area contributed by atoms with Crippen LogP contribution in [0, 0.1) is 11.8 Å². The Balaban J connectivity index is 2.03. The lowest BCUT2D eigenvalue weighted by atomic mass is 10.2. The van der Waals surface area contributed by atoms with Gasteiger partial charge in [0.05, 0.1) is 17.9 Å². The van der Waals surface area contributed by atoms with Crippen molar-refractivity contribution in [1.29, 1.82) is 0 Å². The van der Waals surface area contributed by atoms with Crippen molar-refractivity contribution in [2.75, 3.05) is 18.1 Å². The van der Waals surface area contributed by atoms with Gasteiger partial charge in [0.1, 0.15) is 5.75 Å². The van der Waals surface area contributed by atoms with Gasteiger partial charge in [-0.25, -0.2) is 9.37 Å². The normalized spacial score (nSPS) is 14.1. The van der Waals surface area contributed by atoms with Crippen LogP contribution in [0.2, 0.25) is 0 Å². The molecule has 0 radical (unpaired) electrons. The maximum Gasteiger partial charge on any atom is 0.261 e. The zero-order chi connectivity index (χ0) is 14.8. The van der Waals surface area contributed by atoms with Crippen LogP contribution in [0.1, 0.15) is 16.8 Å². The Bertz CT molecular complexity index is 691. The van der Waals surface area contributed by atoms with Crippen molar-refractivity contribution < 1.29 is 18.3 Å². The van der Waals surface area contributed by atoms with E-state index in [0.29, 0.717) is 31.0 Å². The minimum Gasteiger partial charge on any atom is -0.491 e. The summed E-state index contributed by atoms with van der Waals surface area (Å²) in [6.07, 6.45) is 1.68. The standard InChI is InChI=1S/C15H12F2N2O2/c16-13-10(6-7-18-14(13)17)15(20)19-8-3-9-21-12-5-2-1-4-11(12)19/h1-2,4-7H,3,8-9H2. The van der Waals surface area contributed by atoms with Gasteiger partial charge < -0.3 is 9.64 Å². The third-order valence-corrected chi connectivity index (χ3v) is 3.26. The van der Waals surface area contributed by atoms with Crippen molar-refractivity contribution in [2.45, 2.75) is 6.42 Å². The van der Waals surface area contributed by atoms with Crippen LogP contribution in [0.25, 0.3) is 0 Å². The summed E-state index contributed by atoms with van der Waals surface area (Å²) in [7, 11) is 0. The molecule has 0 saturated heterocycles. The van der Waals surface area contributed by atoms with E-state index >= 15 is 0 Å². The van der Waals surface area contributed by atoms with Gasteiger partial charge in [-0.15, -0.1) is 0 Å². The molecule has 0 fully saturated rings. The summed E-state index contributed by atoms with van der Waals surface area (Å²) in [5.74, 6) is -2.56. The molecule has 2 aromatic rings. The Morgan fingerprint density at radius 1 is 1.24 bits per heavy atom. The van der Waals surface area contributed by atoms with Crippen molar-refractivity contribution in [3.8, 4) is 5.75 Å². The van der Waals surface area contributed by atoms with E-state index in [1.165, 1.54) is 11.0 Å². The van der Waals surface area contributed by atoms with E-state index in [9.17, 15) is 13.6 Å². The second-order valence-electron chi connectivity index (χ2n) is 4.59. The fourth-order valence-electron chi connectivity index (χ4n) is 2.27. The van der Waals surface area contributed by atoms with Gasteiger partial charge in [0, 0.05) is 12.7 Å². The first-order chi connectivity index (χ1) is 10.2. The zero-order valence-corrected chi connectivity index (χ0v) is 11.1. The number of pyridine rings is 1. The van der Waals surface area contributed by atoms with Gasteiger partial charge in [0.25, 0.3) is 5.91 Å². The lowest BCUT2D eigenvalue weighted by Crippen LogP contribution is -2.32. The highest BCUT2D eigenvalue weighted by Crippen LogP contribution is 2.31. The molecule has 1 aromatic carbocycles. The summed E-state index contributed by atoms with van der Waals surface area (Å²) < 4.78 is 32.5. The summed E-state index contributed by atoms with van der Waals surface area (Å²) >= 11 is 0. The predicted molar refractivity (Wildman–Crippen MR) is 72.4 cm³/mol. The lowest BCUT2D eigenvalue weighted by Gasteiger charge is -2.21. The lowest BCUT2D eigenvalue weighted by molar-refractivity contribution is 0.0982. The van der Waals surface area contributed by atoms with Gasteiger partial charge >= 0.3 is 0 Å². The van der Waals surface area contributed by atoms with Gasteiger partial charge in [-0.1, -0.05) is 12.1 Å². The molecular formula is C15H12F2N2O2. The second kappa shape index (κ2) is 5.47. The van der Waals surface area contributed by atoms with Crippen molar-refractivity contribution in [3.05, 3.63) is 53.9 Å². The number of aromatic nitrogens is 1. The minimum atomic E-state index is -1.28. The number of nitrogens with zero attached hydrogens (tertiary/aromatic N) is 2. The number of hydrogen-bond donors (Lipinski definition) is 0. The second-order valence-corrected chi connectivity index (χ2v) is 4.59. The SMILES string of the molecule is O=C(c1ccnc(F)c1F)N1CCCOc2ccccc21. The monoisotopic (exact) mass is 290 g/mol. The van der Waals surface area contributed by atoms with E-state index < -0.39 is 17.7 Å². The van der Waals surface area contributed by atoms with Crippen LogP contribution in [-0.2, 0) is 0 Å². The molecule has 0 aliphatic carbocycles. The smallest absolute Gasteiger partial charge is 0.261 e. The molecule has 0 saturated carbocycles. The third kappa shape index (κ3) is 2.44. The molecule has 3 rings (SSSR count). The predicted octanol–water partition coefficient (Wildman–Crippen LogP) is 2.79. The maximum atomic E-state index is 13.8. The topological polar surface area (TPSA) is 42.4 Å². The quantitative estimate of drug-likeness (QED) is 0.758. The Morgan fingerprint density at radius 2 is 2.05 bits per heavy atom. The molecule has 21 heavy (non-hydrogen) atoms. The van der Waals surface area contributed by atoms with Crippen LogP contribution < -0.4 is 9.64 Å². The molecule has 4 nitrogen and oxygen atoms in total. The fraction of sp³-hybridized carbons (Fsp3) is 0.200. The number of benzene rings is 1. The zero-order valence-electron chi connectivity index (χ0n) is 11.1. The number of carbonyl (C=O) groups is 1. The molecule has 1 aliphatic heterocycles. The van der Waals surface area contributed by atoms with Gasteiger partial charge in [0.15, 0.2) is 5.82 Å². The Labute approximate surface area is 120 Å². The number of fused-ring (bicyclic) bond motifs is 1. The fourth-order valence-corrected chi connectivity index (χ4v) is 2.27. The number of carbonyl (C=O) groups excluding carboxylic acids is 1. The number of rotatable bonds is 1. The highest BCUT2D eigenvalue weighted by Gasteiger charge is 2.26. The first-order valence-corrected chi connectivity index (χ1v) is 6.52. The van der Waals surface area contributed by atoms with Gasteiger partial charge in [0.2, 0.25) is 5.95 Å². The average molecular weight is 290 g/mol. The molecule has 0 spiro atoms. The number of hydrogen-bond acceptors (Lipinski definition) is 3. The molecule has 1 amide bonds. The number of para-hydroxylation sites is 2. The highest BCUT2D eigenvalue weighted by atomic mass is 19.2. The van der Waals surface area contributed by atoms with E-state index in [4.69, 9.17) is 4.74 Å². The largest absolute Gasteiger partial charge is 0.491 e. The van der Waals surface area contributed by atoms with Crippen molar-refractivity contribution >= 4 is 11.6 Å². The highest BCUT2D eigenvalue weighted by molar-refractivity contribution is 6.07. The van der Waals surface area contributed by atoms with E-state index in [-0.39, 0.29) is 5.56 Å². The van der Waals surface area contributed by atoms with Crippen LogP contribution in [0.4, 0.5) is 14.5 Å². The van der Waals surface area contributed by atoms with Gasteiger partial charge in [-0.3, -0.25) is 4.79 Å². The minimum absolute atomic E-state index is 0.334. The Hall–Kier alpha value is -2.50. The first kappa shape index (κ1) is 13.5. The first-order valence-electron chi connectivity index (χ1n) is 6.52. The number of halogens is 2. The number of ether oxygens (including phenoxy) is 1. The van der Waals surface area contributed by atoms with Crippen LogP contribution in [0.3, 0.4) is 0 Å². The van der Waals surface area contributed by atoms with Crippen molar-refractivity contribution in [2.24, 2.45) is 0 Å². The molecule has 0 N–H and O–H groups in total. The molecule has 0 atom stereocenters. The summed E-state index contributed by atoms with van der Waals surface area (Å²) in [6.45, 7) is 0.840. The molecular weight excluding hydrogens is 278 g/mol. The summed E-state index contributed by atoms with van der Waals surface area (Å²) in [5.41, 5.74) is 0.218. The van der Waals surface area contributed by atoms with E-state index in [1.807, 2.05) is 0 Å². The van der Waals surface area contributed by atoms with Crippen molar-refractivity contribution in [1.82, 2.24) is 4.98 Å². The van der Waals surface area contributed by atoms with Crippen molar-refractivity contribution in [3.63, 3.8) is 0 Å². The van der Waals surface area contributed by atoms with Gasteiger partial charge in [-0.05, 0) is 24.6 Å². The van der Waals surface area contributed by atoms with E-state index in [2.05, 4.69) is 4.98 Å². The Morgan fingerprint density at radius 3 is 2.90 bits per heavy atom. The molecule has 108 valence electrons. The van der Waals surface area contributed by atoms with Gasteiger partial charge in [-0.2, -0.15) is 4.39 Å². The summed E-state index contributed by atoms with van der Waals surface area (Å²) in [6, 6.07) is 8.18. The number of anilines is 1. The van der Waals surface area contributed by atoms with Crippen LogP contribution in [0.5, 0.6) is 5.75 Å². The molecule has 0 unspecified atom stereocenters. The van der Waals surface area contributed by atoms with Crippen LogP contribution in [-0.4, -0.2) is 24.0 Å². The summed E-state index contributed by atoms with van der Waals surface area (Å²) in [5, 5.41) is 0. The number of amides is 1. The van der Waals surface area contributed by atoms with E-state index in [0.717, 1.165) is 6.20 Å². The Kier molecular flexibility index (Phi) is 3.51. The molecule has 6 heteroatoms. The van der Waals surface area contributed by atoms with Crippen LogP contribution >= 0.6 is 0 Å². The van der Waals surface area contributed by atoms with Crippen LogP contribution in [0.15, 0.2) is 36.5 Å². The average Bonchev–Trinajstić information content (AvgIpc) is 2.72. The molecule has 1 aromatic heterocycles. The van der Waals surface area contributed by atoms with E-state index in [1.54, 1.807) is 24.3 Å². The molecule has 1 aliphatic rings. The molecule has 2 heterocycles. The summed E-state index contributed by atoms with van der Waals surface area (Å²) in [4.78, 5) is 17.1. The third-order valence-electron chi connectivity index (χ3n) is 3.26.